The molecule has 2 saturated heterocycles. The van der Waals surface area contributed by atoms with Crippen LogP contribution in [0.1, 0.15) is 13.3 Å². The number of anilines is 2. The molecular weight excluding hydrogens is 278 g/mol. The van der Waals surface area contributed by atoms with Gasteiger partial charge in [0.1, 0.15) is 0 Å². The molecule has 0 aliphatic carbocycles. The molecule has 2 aliphatic heterocycles. The molecule has 0 unspecified atom stereocenters. The quantitative estimate of drug-likeness (QED) is 0.921. The van der Waals surface area contributed by atoms with Crippen molar-refractivity contribution in [2.24, 2.45) is 5.41 Å². The van der Waals surface area contributed by atoms with Gasteiger partial charge in [0.2, 0.25) is 5.91 Å². The average Bonchev–Trinajstić information content (AvgIpc) is 2.48. The number of hydrogen-bond donors (Lipinski definition) is 1. The molecule has 22 heavy (non-hydrogen) atoms. The number of nitrogens with one attached hydrogen (secondary N) is 1. The molecule has 2 heterocycles. The van der Waals surface area contributed by atoms with Crippen LogP contribution in [-0.4, -0.2) is 57.2 Å². The predicted octanol–water partition coefficient (Wildman–Crippen LogP) is 1.80. The van der Waals surface area contributed by atoms with Crippen LogP contribution >= 0.6 is 0 Å². The van der Waals surface area contributed by atoms with Crippen LogP contribution in [0.2, 0.25) is 0 Å². The van der Waals surface area contributed by atoms with E-state index in [0.717, 1.165) is 38.3 Å². The molecule has 5 nitrogen and oxygen atoms in total. The van der Waals surface area contributed by atoms with Gasteiger partial charge in [-0.2, -0.15) is 0 Å². The molecule has 0 atom stereocenters. The maximum Gasteiger partial charge on any atom is 0.235 e. The lowest BCUT2D eigenvalue weighted by molar-refractivity contribution is -0.156. The van der Waals surface area contributed by atoms with Crippen molar-refractivity contribution in [1.82, 2.24) is 4.90 Å². The second kappa shape index (κ2) is 6.26. The molecule has 0 radical (unpaired) electrons. The molecular formula is C17H25N3O2. The summed E-state index contributed by atoms with van der Waals surface area (Å²) in [7, 11) is 2.16. The molecule has 120 valence electrons. The van der Waals surface area contributed by atoms with E-state index in [-0.39, 0.29) is 11.3 Å². The Kier molecular flexibility index (Phi) is 4.36. The number of piperazine rings is 1. The third kappa shape index (κ3) is 2.96. The number of benzene rings is 1. The lowest BCUT2D eigenvalue weighted by Gasteiger charge is -2.39. The van der Waals surface area contributed by atoms with Crippen molar-refractivity contribution in [2.45, 2.75) is 13.3 Å². The highest BCUT2D eigenvalue weighted by molar-refractivity contribution is 5.96. The minimum atomic E-state index is -0.323. The first-order chi connectivity index (χ1) is 10.6. The molecule has 0 aromatic heterocycles. The van der Waals surface area contributed by atoms with Crippen molar-refractivity contribution < 1.29 is 9.53 Å². The molecule has 1 aromatic rings. The number of hydrogen-bond acceptors (Lipinski definition) is 4. The van der Waals surface area contributed by atoms with Crippen LogP contribution < -0.4 is 10.2 Å². The van der Waals surface area contributed by atoms with Crippen molar-refractivity contribution in [3.05, 3.63) is 24.3 Å². The van der Waals surface area contributed by atoms with Gasteiger partial charge in [0, 0.05) is 37.6 Å². The fourth-order valence-electron chi connectivity index (χ4n) is 2.93. The molecule has 1 aromatic carbocycles. The van der Waals surface area contributed by atoms with E-state index >= 15 is 0 Å². The largest absolute Gasteiger partial charge is 0.379 e. The highest BCUT2D eigenvalue weighted by atomic mass is 16.5. The summed E-state index contributed by atoms with van der Waals surface area (Å²) >= 11 is 0. The van der Waals surface area contributed by atoms with Crippen LogP contribution in [0.3, 0.4) is 0 Å². The first-order valence-electron chi connectivity index (χ1n) is 8.06. The van der Waals surface area contributed by atoms with Gasteiger partial charge in [-0.1, -0.05) is 6.92 Å². The number of carbonyl (C=O) groups excluding carboxylic acids is 1. The number of carbonyl (C=O) groups is 1. The van der Waals surface area contributed by atoms with Crippen LogP contribution in [0.25, 0.3) is 0 Å². The van der Waals surface area contributed by atoms with Crippen LogP contribution in [0.4, 0.5) is 11.4 Å². The summed E-state index contributed by atoms with van der Waals surface area (Å²) < 4.78 is 5.22. The van der Waals surface area contributed by atoms with Gasteiger partial charge in [-0.05, 0) is 37.7 Å². The first-order valence-corrected chi connectivity index (χ1v) is 8.06. The van der Waals surface area contributed by atoms with Crippen molar-refractivity contribution in [1.29, 1.82) is 0 Å². The van der Waals surface area contributed by atoms with E-state index < -0.39 is 0 Å². The molecule has 1 amide bonds. The molecule has 0 spiro atoms. The van der Waals surface area contributed by atoms with E-state index in [1.54, 1.807) is 0 Å². The number of likely N-dealkylation sites (N-methyl/N-ethyl adjacent to an activating group) is 1. The number of nitrogens with zero attached hydrogens (tertiary/aromatic N) is 2. The summed E-state index contributed by atoms with van der Waals surface area (Å²) in [5, 5.41) is 3.03. The van der Waals surface area contributed by atoms with E-state index in [1.807, 2.05) is 19.1 Å². The summed E-state index contributed by atoms with van der Waals surface area (Å²) in [4.78, 5) is 17.1. The van der Waals surface area contributed by atoms with Gasteiger partial charge in [-0.25, -0.2) is 0 Å². The Morgan fingerprint density at radius 1 is 1.18 bits per heavy atom. The standard InChI is InChI=1S/C17H25N3O2/c1-3-17(12-22-13-17)16(21)18-14-4-6-15(7-5-14)20-10-8-19(2)9-11-20/h4-7H,3,8-13H2,1-2H3,(H,18,21). The highest BCUT2D eigenvalue weighted by Gasteiger charge is 2.44. The van der Waals surface area contributed by atoms with Crippen molar-refractivity contribution in [3.63, 3.8) is 0 Å². The molecule has 2 aliphatic rings. The number of amides is 1. The van der Waals surface area contributed by atoms with E-state index in [9.17, 15) is 4.79 Å². The molecule has 2 fully saturated rings. The topological polar surface area (TPSA) is 44.8 Å². The smallest absolute Gasteiger partial charge is 0.235 e. The lowest BCUT2D eigenvalue weighted by Crippen LogP contribution is -2.51. The normalized spacial score (nSPS) is 21.3. The molecule has 1 N–H and O–H groups in total. The minimum Gasteiger partial charge on any atom is -0.379 e. The Morgan fingerprint density at radius 2 is 1.82 bits per heavy atom. The number of ether oxygens (including phenoxy) is 1. The third-order valence-electron chi connectivity index (χ3n) is 4.91. The maximum atomic E-state index is 12.4. The van der Waals surface area contributed by atoms with E-state index in [0.29, 0.717) is 13.2 Å². The number of rotatable bonds is 4. The van der Waals surface area contributed by atoms with Gasteiger partial charge in [0.05, 0.1) is 18.6 Å². The second-order valence-electron chi connectivity index (χ2n) is 6.42. The first kappa shape index (κ1) is 15.3. The zero-order valence-corrected chi connectivity index (χ0v) is 13.5. The third-order valence-corrected chi connectivity index (χ3v) is 4.91. The SMILES string of the molecule is CCC1(C(=O)Nc2ccc(N3CCN(C)CC3)cc2)COC1. The van der Waals surface area contributed by atoms with Gasteiger partial charge in [-0.3, -0.25) is 4.79 Å². The fraction of sp³-hybridized carbons (Fsp3) is 0.588. The van der Waals surface area contributed by atoms with E-state index in [4.69, 9.17) is 4.74 Å². The summed E-state index contributed by atoms with van der Waals surface area (Å²) in [6.07, 6.45) is 0.818. The summed E-state index contributed by atoms with van der Waals surface area (Å²) in [5.41, 5.74) is 1.77. The Morgan fingerprint density at radius 3 is 2.32 bits per heavy atom. The molecule has 5 heteroatoms. The van der Waals surface area contributed by atoms with Crippen LogP contribution in [0, 0.1) is 5.41 Å². The molecule has 0 saturated carbocycles. The monoisotopic (exact) mass is 303 g/mol. The molecule has 0 bridgehead atoms. The minimum absolute atomic E-state index is 0.0774. The lowest BCUT2D eigenvalue weighted by atomic mass is 9.82. The average molecular weight is 303 g/mol. The Balaban J connectivity index is 1.61. The highest BCUT2D eigenvalue weighted by Crippen LogP contribution is 2.32. The predicted molar refractivity (Wildman–Crippen MR) is 88.3 cm³/mol. The van der Waals surface area contributed by atoms with Crippen LogP contribution in [0.5, 0.6) is 0 Å². The van der Waals surface area contributed by atoms with E-state index in [1.165, 1.54) is 5.69 Å². The Bertz CT molecular complexity index is 512. The van der Waals surface area contributed by atoms with Crippen LogP contribution in [-0.2, 0) is 9.53 Å². The maximum absolute atomic E-state index is 12.4. The zero-order valence-electron chi connectivity index (χ0n) is 13.5. The van der Waals surface area contributed by atoms with E-state index in [2.05, 4.69) is 34.3 Å². The Labute approximate surface area is 132 Å². The van der Waals surface area contributed by atoms with Gasteiger partial charge >= 0.3 is 0 Å². The second-order valence-corrected chi connectivity index (χ2v) is 6.42. The molecule has 3 rings (SSSR count). The summed E-state index contributed by atoms with van der Waals surface area (Å²) in [6, 6.07) is 8.18. The van der Waals surface area contributed by atoms with Gasteiger partial charge in [0.25, 0.3) is 0 Å². The van der Waals surface area contributed by atoms with Gasteiger partial charge < -0.3 is 19.9 Å². The zero-order chi connectivity index (χ0) is 15.6. The Hall–Kier alpha value is -1.59. The van der Waals surface area contributed by atoms with Gasteiger partial charge in [0.15, 0.2) is 0 Å². The van der Waals surface area contributed by atoms with Crippen molar-refractivity contribution >= 4 is 17.3 Å². The van der Waals surface area contributed by atoms with Gasteiger partial charge in [-0.15, -0.1) is 0 Å². The van der Waals surface area contributed by atoms with Crippen molar-refractivity contribution in [2.75, 3.05) is 56.7 Å². The van der Waals surface area contributed by atoms with Crippen LogP contribution in [0.15, 0.2) is 24.3 Å². The summed E-state index contributed by atoms with van der Waals surface area (Å²) in [6.45, 7) is 7.41. The summed E-state index contributed by atoms with van der Waals surface area (Å²) in [5.74, 6) is 0.0774. The fourth-order valence-corrected chi connectivity index (χ4v) is 2.93. The van der Waals surface area contributed by atoms with Crippen molar-refractivity contribution in [3.8, 4) is 0 Å².